The van der Waals surface area contributed by atoms with Gasteiger partial charge in [-0.2, -0.15) is 0 Å². The second kappa shape index (κ2) is 8.33. The van der Waals surface area contributed by atoms with Gasteiger partial charge in [-0.1, -0.05) is 0 Å². The van der Waals surface area contributed by atoms with E-state index in [-0.39, 0.29) is 29.7 Å². The number of rotatable bonds is 6. The fourth-order valence-electron chi connectivity index (χ4n) is 2.30. The number of esters is 1. The maximum atomic E-state index is 12.2. The first-order valence-corrected chi connectivity index (χ1v) is 8.16. The third-order valence-corrected chi connectivity index (χ3v) is 3.59. The molecular formula is C19H22N2O5. The lowest BCUT2D eigenvalue weighted by atomic mass is 10.2. The van der Waals surface area contributed by atoms with Crippen LogP contribution < -0.4 is 15.5 Å². The number of carbonyl (C=O) groups is 2. The summed E-state index contributed by atoms with van der Waals surface area (Å²) in [5, 5.41) is 2.75. The van der Waals surface area contributed by atoms with Crippen LogP contribution in [0.5, 0.6) is 5.75 Å². The minimum absolute atomic E-state index is 0.0274. The Morgan fingerprint density at radius 3 is 2.42 bits per heavy atom. The van der Waals surface area contributed by atoms with Crippen molar-refractivity contribution in [3.63, 3.8) is 0 Å². The second-order valence-electron chi connectivity index (χ2n) is 6.05. The second-order valence-corrected chi connectivity index (χ2v) is 6.05. The maximum absolute atomic E-state index is 12.2. The van der Waals surface area contributed by atoms with Crippen LogP contribution in [0.15, 0.2) is 41.3 Å². The summed E-state index contributed by atoms with van der Waals surface area (Å²) >= 11 is 0. The molecule has 0 unspecified atom stereocenters. The molecule has 1 aromatic carbocycles. The summed E-state index contributed by atoms with van der Waals surface area (Å²) in [6.07, 6.45) is 1.31. The van der Waals surface area contributed by atoms with E-state index in [9.17, 15) is 14.4 Å². The lowest BCUT2D eigenvalue weighted by Gasteiger charge is -2.12. The van der Waals surface area contributed by atoms with Crippen LogP contribution in [0.3, 0.4) is 0 Å². The summed E-state index contributed by atoms with van der Waals surface area (Å²) in [5.41, 5.74) is 1.39. The molecule has 0 atom stereocenters. The first kappa shape index (κ1) is 19.2. The fraction of sp³-hybridized carbons (Fsp3) is 0.316. The van der Waals surface area contributed by atoms with Gasteiger partial charge in [0.2, 0.25) is 11.3 Å². The Labute approximate surface area is 151 Å². The van der Waals surface area contributed by atoms with E-state index in [1.165, 1.54) is 19.4 Å². The van der Waals surface area contributed by atoms with E-state index in [4.69, 9.17) is 9.47 Å². The van der Waals surface area contributed by atoms with Gasteiger partial charge in [-0.05, 0) is 45.0 Å². The van der Waals surface area contributed by atoms with Crippen molar-refractivity contribution < 1.29 is 19.1 Å². The Bertz CT molecular complexity index is 853. The average molecular weight is 358 g/mol. The highest BCUT2D eigenvalue weighted by Gasteiger charge is 2.11. The summed E-state index contributed by atoms with van der Waals surface area (Å²) in [6, 6.07) is 7.87. The number of carbonyl (C=O) groups excluding carboxylic acids is 2. The largest absolute Gasteiger partial charge is 0.491 e. The van der Waals surface area contributed by atoms with E-state index in [2.05, 4.69) is 5.32 Å². The summed E-state index contributed by atoms with van der Waals surface area (Å²) in [4.78, 5) is 35.7. The smallest absolute Gasteiger partial charge is 0.338 e. The third-order valence-electron chi connectivity index (χ3n) is 3.59. The van der Waals surface area contributed by atoms with Gasteiger partial charge in [0.15, 0.2) is 5.75 Å². The molecule has 1 aromatic heterocycles. The van der Waals surface area contributed by atoms with Crippen molar-refractivity contribution >= 4 is 17.6 Å². The molecule has 0 saturated carbocycles. The van der Waals surface area contributed by atoms with Crippen molar-refractivity contribution in [2.24, 2.45) is 0 Å². The molecule has 7 heteroatoms. The summed E-state index contributed by atoms with van der Waals surface area (Å²) < 4.78 is 11.7. The molecule has 138 valence electrons. The molecule has 0 saturated heterocycles. The van der Waals surface area contributed by atoms with Crippen LogP contribution in [-0.4, -0.2) is 29.7 Å². The molecule has 0 aliphatic rings. The molecule has 0 aliphatic heterocycles. The number of amides is 1. The molecule has 0 spiro atoms. The van der Waals surface area contributed by atoms with Crippen molar-refractivity contribution in [2.45, 2.75) is 33.4 Å². The van der Waals surface area contributed by atoms with Gasteiger partial charge in [-0.25, -0.2) is 4.79 Å². The Morgan fingerprint density at radius 1 is 1.19 bits per heavy atom. The Hall–Kier alpha value is -3.09. The number of aryl methyl sites for hydroxylation is 1. The lowest BCUT2D eigenvalue weighted by Crippen LogP contribution is -2.22. The predicted octanol–water partition coefficient (Wildman–Crippen LogP) is 2.37. The summed E-state index contributed by atoms with van der Waals surface area (Å²) in [5.74, 6) is -0.499. The Morgan fingerprint density at radius 2 is 1.85 bits per heavy atom. The number of nitrogens with zero attached hydrogens (tertiary/aromatic N) is 1. The molecule has 0 aliphatic carbocycles. The molecular weight excluding hydrogens is 336 g/mol. The zero-order chi connectivity index (χ0) is 19.3. The molecule has 1 N–H and O–H groups in total. The van der Waals surface area contributed by atoms with Crippen molar-refractivity contribution in [3.05, 3.63) is 58.0 Å². The molecule has 1 heterocycles. The first-order chi connectivity index (χ1) is 12.3. The quantitative estimate of drug-likeness (QED) is 0.801. The van der Waals surface area contributed by atoms with Crippen LogP contribution in [-0.2, 0) is 16.1 Å². The van der Waals surface area contributed by atoms with E-state index in [1.54, 1.807) is 49.6 Å². The number of ether oxygens (including phenoxy) is 2. The van der Waals surface area contributed by atoms with Crippen molar-refractivity contribution in [1.29, 1.82) is 0 Å². The van der Waals surface area contributed by atoms with Crippen molar-refractivity contribution in [1.82, 2.24) is 4.57 Å². The summed E-state index contributed by atoms with van der Waals surface area (Å²) in [6.45, 7) is 5.32. The molecule has 2 aromatic rings. The number of hydrogen-bond acceptors (Lipinski definition) is 5. The molecule has 7 nitrogen and oxygen atoms in total. The van der Waals surface area contributed by atoms with Crippen LogP contribution >= 0.6 is 0 Å². The van der Waals surface area contributed by atoms with Gasteiger partial charge < -0.3 is 19.4 Å². The monoisotopic (exact) mass is 358 g/mol. The highest BCUT2D eigenvalue weighted by molar-refractivity contribution is 5.93. The molecule has 2 rings (SSSR count). The predicted molar refractivity (Wildman–Crippen MR) is 97.6 cm³/mol. The highest BCUT2D eigenvalue weighted by atomic mass is 16.5. The summed E-state index contributed by atoms with van der Waals surface area (Å²) in [7, 11) is 1.41. The van der Waals surface area contributed by atoms with Crippen LogP contribution in [0, 0.1) is 6.92 Å². The van der Waals surface area contributed by atoms with E-state index >= 15 is 0 Å². The number of nitrogens with one attached hydrogen (secondary N) is 1. The number of pyridine rings is 1. The first-order valence-electron chi connectivity index (χ1n) is 8.16. The SMILES string of the molecule is COc1cn(CC(=O)Nc2ccc(C(=O)OC(C)C)cc2)c(C)cc1=O. The van der Waals surface area contributed by atoms with Crippen LogP contribution in [0.2, 0.25) is 0 Å². The maximum Gasteiger partial charge on any atom is 0.338 e. The molecule has 0 radical (unpaired) electrons. The van der Waals surface area contributed by atoms with Gasteiger partial charge in [-0.3, -0.25) is 9.59 Å². The average Bonchev–Trinajstić information content (AvgIpc) is 2.57. The van der Waals surface area contributed by atoms with Gasteiger partial charge in [0.05, 0.1) is 25.0 Å². The number of hydrogen-bond donors (Lipinski definition) is 1. The van der Waals surface area contributed by atoms with Crippen LogP contribution in [0.4, 0.5) is 5.69 Å². The third kappa shape index (κ3) is 4.95. The van der Waals surface area contributed by atoms with Gasteiger partial charge in [-0.15, -0.1) is 0 Å². The number of anilines is 1. The lowest BCUT2D eigenvalue weighted by molar-refractivity contribution is -0.116. The Kier molecular flexibility index (Phi) is 6.16. The van der Waals surface area contributed by atoms with E-state index in [0.29, 0.717) is 16.9 Å². The topological polar surface area (TPSA) is 86.6 Å². The molecule has 26 heavy (non-hydrogen) atoms. The van der Waals surface area contributed by atoms with Crippen LogP contribution in [0.25, 0.3) is 0 Å². The zero-order valence-corrected chi connectivity index (χ0v) is 15.2. The van der Waals surface area contributed by atoms with Gasteiger partial charge >= 0.3 is 5.97 Å². The highest BCUT2D eigenvalue weighted by Crippen LogP contribution is 2.12. The molecule has 0 bridgehead atoms. The van der Waals surface area contributed by atoms with Gasteiger partial charge in [0, 0.05) is 17.4 Å². The van der Waals surface area contributed by atoms with E-state index < -0.39 is 5.97 Å². The van der Waals surface area contributed by atoms with Gasteiger partial charge in [0.1, 0.15) is 6.54 Å². The van der Waals surface area contributed by atoms with Crippen LogP contribution in [0.1, 0.15) is 29.9 Å². The van der Waals surface area contributed by atoms with E-state index in [1.807, 2.05) is 0 Å². The molecule has 1 amide bonds. The fourth-order valence-corrected chi connectivity index (χ4v) is 2.30. The van der Waals surface area contributed by atoms with Crippen molar-refractivity contribution in [3.8, 4) is 5.75 Å². The number of benzene rings is 1. The minimum Gasteiger partial charge on any atom is -0.491 e. The van der Waals surface area contributed by atoms with Gasteiger partial charge in [0.25, 0.3) is 0 Å². The standard InChI is InChI=1S/C19H22N2O5/c1-12(2)26-19(24)14-5-7-15(8-6-14)20-18(23)11-21-10-17(25-4)16(22)9-13(21)3/h5-10,12H,11H2,1-4H3,(H,20,23). The normalized spacial score (nSPS) is 10.5. The Balaban J connectivity index is 2.04. The zero-order valence-electron chi connectivity index (χ0n) is 15.2. The minimum atomic E-state index is -0.408. The molecule has 0 fully saturated rings. The van der Waals surface area contributed by atoms with E-state index in [0.717, 1.165) is 0 Å². The van der Waals surface area contributed by atoms with Crippen molar-refractivity contribution in [2.75, 3.05) is 12.4 Å². The number of aromatic nitrogens is 1. The number of methoxy groups -OCH3 is 1.